The first-order valence-corrected chi connectivity index (χ1v) is 10.1. The van der Waals surface area contributed by atoms with Crippen LogP contribution in [0.2, 0.25) is 0 Å². The monoisotopic (exact) mass is 379 g/mol. The van der Waals surface area contributed by atoms with E-state index in [0.717, 1.165) is 12.1 Å². The van der Waals surface area contributed by atoms with Gasteiger partial charge in [-0.05, 0) is 19.1 Å². The highest BCUT2D eigenvalue weighted by atomic mass is 32.2. The van der Waals surface area contributed by atoms with Crippen molar-refractivity contribution in [1.82, 2.24) is 14.1 Å². The number of aromatic nitrogens is 2. The highest BCUT2D eigenvalue weighted by molar-refractivity contribution is 7.89. The minimum atomic E-state index is -3.64. The van der Waals surface area contributed by atoms with Crippen LogP contribution in [0, 0.1) is 0 Å². The Hall–Kier alpha value is -2.10. The first-order valence-electron chi connectivity index (χ1n) is 8.61. The number of ether oxygens (including phenoxy) is 3. The van der Waals surface area contributed by atoms with Crippen LogP contribution in [0.1, 0.15) is 18.6 Å². The summed E-state index contributed by atoms with van der Waals surface area (Å²) in [6, 6.07) is 4.73. The Labute approximate surface area is 152 Å². The molecule has 3 heterocycles. The topological polar surface area (TPSA) is 82.9 Å². The van der Waals surface area contributed by atoms with Crippen LogP contribution < -0.4 is 9.47 Å². The van der Waals surface area contributed by atoms with E-state index in [1.807, 2.05) is 13.1 Å². The molecule has 140 valence electrons. The summed E-state index contributed by atoms with van der Waals surface area (Å²) >= 11 is 0. The third kappa shape index (κ3) is 3.17. The maximum absolute atomic E-state index is 13.1. The normalized spacial score (nSPS) is 20.9. The van der Waals surface area contributed by atoms with Gasteiger partial charge >= 0.3 is 0 Å². The molecule has 0 spiro atoms. The van der Waals surface area contributed by atoms with E-state index in [0.29, 0.717) is 37.9 Å². The second kappa shape index (κ2) is 6.90. The smallest absolute Gasteiger partial charge is 0.243 e. The SMILES string of the molecule is CCn1cc([C@@H]2CN(S(=O)(=O)c3ccc4c(c3)OCCO4)CCO2)cn1. The summed E-state index contributed by atoms with van der Waals surface area (Å²) in [5, 5.41) is 4.24. The lowest BCUT2D eigenvalue weighted by atomic mass is 10.2. The summed E-state index contributed by atoms with van der Waals surface area (Å²) in [6.45, 7) is 4.55. The molecule has 0 N–H and O–H groups in total. The number of rotatable bonds is 4. The molecule has 1 aromatic heterocycles. The number of morpholine rings is 1. The average molecular weight is 379 g/mol. The fourth-order valence-corrected chi connectivity index (χ4v) is 4.54. The van der Waals surface area contributed by atoms with Crippen molar-refractivity contribution >= 4 is 10.0 Å². The van der Waals surface area contributed by atoms with E-state index in [1.54, 1.807) is 23.0 Å². The van der Waals surface area contributed by atoms with Crippen LogP contribution in [0.5, 0.6) is 11.5 Å². The van der Waals surface area contributed by atoms with Gasteiger partial charge in [-0.2, -0.15) is 9.40 Å². The van der Waals surface area contributed by atoms with Crippen molar-refractivity contribution in [2.24, 2.45) is 0 Å². The average Bonchev–Trinajstić information content (AvgIpc) is 3.17. The zero-order valence-corrected chi connectivity index (χ0v) is 15.3. The van der Waals surface area contributed by atoms with Crippen molar-refractivity contribution in [3.63, 3.8) is 0 Å². The minimum Gasteiger partial charge on any atom is -0.486 e. The van der Waals surface area contributed by atoms with Gasteiger partial charge < -0.3 is 14.2 Å². The van der Waals surface area contributed by atoms with E-state index in [1.165, 1.54) is 10.4 Å². The summed E-state index contributed by atoms with van der Waals surface area (Å²) in [6.07, 6.45) is 3.30. The molecule has 26 heavy (non-hydrogen) atoms. The molecule has 1 fully saturated rings. The Morgan fingerprint density at radius 1 is 1.19 bits per heavy atom. The Morgan fingerprint density at radius 3 is 2.77 bits per heavy atom. The van der Waals surface area contributed by atoms with Crippen LogP contribution in [0.25, 0.3) is 0 Å². The number of nitrogens with zero attached hydrogens (tertiary/aromatic N) is 3. The quantitative estimate of drug-likeness (QED) is 0.799. The van der Waals surface area contributed by atoms with E-state index in [9.17, 15) is 8.42 Å². The summed E-state index contributed by atoms with van der Waals surface area (Å²) in [5.41, 5.74) is 0.883. The number of fused-ring (bicyclic) bond motifs is 1. The molecule has 2 aliphatic heterocycles. The van der Waals surface area contributed by atoms with Gasteiger partial charge in [0, 0.05) is 37.5 Å². The van der Waals surface area contributed by atoms with Gasteiger partial charge in [0.15, 0.2) is 11.5 Å². The minimum absolute atomic E-state index is 0.201. The number of sulfonamides is 1. The third-order valence-electron chi connectivity index (χ3n) is 4.53. The second-order valence-electron chi connectivity index (χ2n) is 6.16. The number of benzene rings is 1. The van der Waals surface area contributed by atoms with Crippen LogP contribution in [0.4, 0.5) is 0 Å². The van der Waals surface area contributed by atoms with Crippen LogP contribution >= 0.6 is 0 Å². The van der Waals surface area contributed by atoms with Gasteiger partial charge in [0.25, 0.3) is 0 Å². The highest BCUT2D eigenvalue weighted by Gasteiger charge is 2.32. The van der Waals surface area contributed by atoms with Crippen molar-refractivity contribution in [2.45, 2.75) is 24.5 Å². The Kier molecular flexibility index (Phi) is 4.60. The van der Waals surface area contributed by atoms with E-state index in [-0.39, 0.29) is 17.5 Å². The van der Waals surface area contributed by atoms with Crippen LogP contribution in [0.3, 0.4) is 0 Å². The molecule has 2 aliphatic rings. The van der Waals surface area contributed by atoms with E-state index in [4.69, 9.17) is 14.2 Å². The summed E-state index contributed by atoms with van der Waals surface area (Å²) in [5.74, 6) is 1.04. The predicted octanol–water partition coefficient (Wildman–Crippen LogP) is 1.44. The molecule has 0 aliphatic carbocycles. The van der Waals surface area contributed by atoms with E-state index < -0.39 is 10.0 Å². The van der Waals surface area contributed by atoms with Crippen molar-refractivity contribution in [3.05, 3.63) is 36.2 Å². The molecule has 0 bridgehead atoms. The zero-order chi connectivity index (χ0) is 18.1. The molecule has 0 saturated carbocycles. The molecule has 0 radical (unpaired) electrons. The summed E-state index contributed by atoms with van der Waals surface area (Å²) < 4.78 is 46.1. The first-order chi connectivity index (χ1) is 12.6. The number of hydrogen-bond acceptors (Lipinski definition) is 6. The van der Waals surface area contributed by atoms with Gasteiger partial charge in [0.2, 0.25) is 10.0 Å². The van der Waals surface area contributed by atoms with E-state index in [2.05, 4.69) is 5.10 Å². The molecule has 9 heteroatoms. The number of hydrogen-bond donors (Lipinski definition) is 0. The van der Waals surface area contributed by atoms with Gasteiger partial charge in [0.1, 0.15) is 13.2 Å². The third-order valence-corrected chi connectivity index (χ3v) is 6.39. The molecule has 0 amide bonds. The molecule has 8 nitrogen and oxygen atoms in total. The molecule has 1 aromatic carbocycles. The molecule has 4 rings (SSSR count). The van der Waals surface area contributed by atoms with Crippen molar-refractivity contribution in [2.75, 3.05) is 32.9 Å². The van der Waals surface area contributed by atoms with Gasteiger partial charge in [-0.25, -0.2) is 8.42 Å². The predicted molar refractivity (Wildman–Crippen MR) is 92.8 cm³/mol. The maximum Gasteiger partial charge on any atom is 0.243 e. The molecule has 2 aromatic rings. The lowest BCUT2D eigenvalue weighted by Crippen LogP contribution is -2.42. The summed E-state index contributed by atoms with van der Waals surface area (Å²) in [7, 11) is -3.64. The Morgan fingerprint density at radius 2 is 2.00 bits per heavy atom. The van der Waals surface area contributed by atoms with Crippen molar-refractivity contribution < 1.29 is 22.6 Å². The first kappa shape index (κ1) is 17.3. The summed E-state index contributed by atoms with van der Waals surface area (Å²) in [4.78, 5) is 0.201. The Bertz CT molecular complexity index is 896. The van der Waals surface area contributed by atoms with Crippen LogP contribution in [-0.4, -0.2) is 55.4 Å². The Balaban J connectivity index is 1.57. The highest BCUT2D eigenvalue weighted by Crippen LogP contribution is 2.34. The molecule has 1 saturated heterocycles. The van der Waals surface area contributed by atoms with Gasteiger partial charge in [0.05, 0.1) is 23.8 Å². The standard InChI is InChI=1S/C17H21N3O5S/c1-2-19-11-13(10-18-19)17-12-20(5-6-23-17)26(21,22)14-3-4-15-16(9-14)25-8-7-24-15/h3-4,9-11,17H,2,5-8,12H2,1H3/t17-/m0/s1. The largest absolute Gasteiger partial charge is 0.486 e. The molecule has 0 unspecified atom stereocenters. The van der Waals surface area contributed by atoms with Gasteiger partial charge in [-0.3, -0.25) is 4.68 Å². The van der Waals surface area contributed by atoms with E-state index >= 15 is 0 Å². The maximum atomic E-state index is 13.1. The molecular weight excluding hydrogens is 358 g/mol. The molecular formula is C17H21N3O5S. The van der Waals surface area contributed by atoms with Gasteiger partial charge in [-0.1, -0.05) is 0 Å². The fraction of sp³-hybridized carbons (Fsp3) is 0.471. The van der Waals surface area contributed by atoms with Gasteiger partial charge in [-0.15, -0.1) is 0 Å². The fourth-order valence-electron chi connectivity index (χ4n) is 3.10. The van der Waals surface area contributed by atoms with Crippen LogP contribution in [-0.2, 0) is 21.3 Å². The second-order valence-corrected chi connectivity index (χ2v) is 8.10. The lowest BCUT2D eigenvalue weighted by molar-refractivity contribution is -0.00260. The lowest BCUT2D eigenvalue weighted by Gasteiger charge is -2.32. The molecule has 1 atom stereocenters. The van der Waals surface area contributed by atoms with Crippen LogP contribution in [0.15, 0.2) is 35.5 Å². The number of aryl methyl sites for hydroxylation is 1. The van der Waals surface area contributed by atoms with Crippen molar-refractivity contribution in [3.8, 4) is 11.5 Å². The zero-order valence-electron chi connectivity index (χ0n) is 14.5. The van der Waals surface area contributed by atoms with Crippen molar-refractivity contribution in [1.29, 1.82) is 0 Å².